The van der Waals surface area contributed by atoms with Gasteiger partial charge >= 0.3 is 0 Å². The molecule has 2 aromatic heterocycles. The van der Waals surface area contributed by atoms with Gasteiger partial charge in [-0.2, -0.15) is 0 Å². The first-order chi connectivity index (χ1) is 13.0. The van der Waals surface area contributed by atoms with Gasteiger partial charge in [0.1, 0.15) is 4.83 Å². The number of likely N-dealkylation sites (N-methyl/N-ethyl adjacent to an activating group) is 1. The molecule has 3 heterocycles. The highest BCUT2D eigenvalue weighted by molar-refractivity contribution is 7.18. The van der Waals surface area contributed by atoms with E-state index in [2.05, 4.69) is 4.98 Å². The predicted octanol–water partition coefficient (Wildman–Crippen LogP) is 2.22. The van der Waals surface area contributed by atoms with Crippen LogP contribution in [-0.2, 0) is 19.5 Å². The summed E-state index contributed by atoms with van der Waals surface area (Å²) in [7, 11) is 3.98. The van der Waals surface area contributed by atoms with Crippen molar-refractivity contribution in [3.05, 3.63) is 63.0 Å². The van der Waals surface area contributed by atoms with E-state index in [1.807, 2.05) is 54.2 Å². The molecular weight excluding hydrogens is 360 g/mol. The monoisotopic (exact) mass is 382 g/mol. The number of hydrogen-bond acceptors (Lipinski definition) is 5. The van der Waals surface area contributed by atoms with E-state index in [1.165, 1.54) is 11.3 Å². The van der Waals surface area contributed by atoms with E-state index in [4.69, 9.17) is 0 Å². The molecule has 7 heteroatoms. The van der Waals surface area contributed by atoms with Gasteiger partial charge in [0.2, 0.25) is 0 Å². The minimum atomic E-state index is 0.0298. The molecule has 1 aliphatic heterocycles. The van der Waals surface area contributed by atoms with Crippen LogP contribution in [0.3, 0.4) is 0 Å². The molecule has 0 fully saturated rings. The average molecular weight is 382 g/mol. The number of fused-ring (bicyclic) bond motifs is 3. The molecule has 0 bridgehead atoms. The fraction of sp³-hybridized carbons (Fsp3) is 0.350. The molecule has 27 heavy (non-hydrogen) atoms. The molecule has 1 aliphatic rings. The maximum atomic E-state index is 12.9. The summed E-state index contributed by atoms with van der Waals surface area (Å²) in [4.78, 5) is 36.0. The van der Waals surface area contributed by atoms with Crippen LogP contribution >= 0.6 is 11.3 Å². The van der Waals surface area contributed by atoms with Gasteiger partial charge in [-0.25, -0.2) is 4.98 Å². The molecule has 4 rings (SSSR count). The second-order valence-corrected chi connectivity index (χ2v) is 8.16. The van der Waals surface area contributed by atoms with Gasteiger partial charge in [0.15, 0.2) is 0 Å². The smallest absolute Gasteiger partial charge is 0.262 e. The zero-order valence-electron chi connectivity index (χ0n) is 15.5. The number of rotatable bonds is 4. The summed E-state index contributed by atoms with van der Waals surface area (Å²) < 4.78 is 1.69. The van der Waals surface area contributed by atoms with E-state index in [0.717, 1.165) is 27.2 Å². The van der Waals surface area contributed by atoms with Crippen molar-refractivity contribution in [2.24, 2.45) is 0 Å². The molecule has 3 aromatic rings. The molecule has 140 valence electrons. The van der Waals surface area contributed by atoms with Crippen molar-refractivity contribution in [1.29, 1.82) is 0 Å². The van der Waals surface area contributed by atoms with Crippen LogP contribution in [0.2, 0.25) is 0 Å². The Morgan fingerprint density at radius 2 is 2.04 bits per heavy atom. The van der Waals surface area contributed by atoms with Crippen molar-refractivity contribution >= 4 is 27.5 Å². The fourth-order valence-corrected chi connectivity index (χ4v) is 4.62. The molecule has 0 N–H and O–H groups in total. The van der Waals surface area contributed by atoms with Crippen molar-refractivity contribution in [1.82, 2.24) is 19.4 Å². The molecule has 0 atom stereocenters. The lowest BCUT2D eigenvalue weighted by Gasteiger charge is -2.27. The van der Waals surface area contributed by atoms with Gasteiger partial charge in [0, 0.05) is 30.1 Å². The molecule has 0 aliphatic carbocycles. The van der Waals surface area contributed by atoms with Crippen LogP contribution in [0.1, 0.15) is 20.8 Å². The first kappa shape index (κ1) is 17.9. The molecular formula is C20H22N4O2S. The number of carbonyl (C=O) groups is 1. The first-order valence-electron chi connectivity index (χ1n) is 9.03. The molecule has 1 amide bonds. The normalized spacial score (nSPS) is 14.0. The third kappa shape index (κ3) is 3.40. The Labute approximate surface area is 161 Å². The lowest BCUT2D eigenvalue weighted by Crippen LogP contribution is -2.35. The van der Waals surface area contributed by atoms with Crippen LogP contribution in [0.25, 0.3) is 10.2 Å². The topological polar surface area (TPSA) is 58.4 Å². The maximum Gasteiger partial charge on any atom is 0.262 e. The Morgan fingerprint density at radius 1 is 1.26 bits per heavy atom. The van der Waals surface area contributed by atoms with E-state index in [-0.39, 0.29) is 11.5 Å². The summed E-state index contributed by atoms with van der Waals surface area (Å²) in [6.07, 6.45) is 2.34. The van der Waals surface area contributed by atoms with Gasteiger partial charge in [0.05, 0.1) is 18.3 Å². The number of aromatic nitrogens is 2. The Hall–Kier alpha value is -2.51. The maximum absolute atomic E-state index is 12.9. The lowest BCUT2D eigenvalue weighted by molar-refractivity contribution is 0.0737. The Balaban J connectivity index is 1.64. The summed E-state index contributed by atoms with van der Waals surface area (Å²) in [6.45, 7) is 2.58. The first-order valence-corrected chi connectivity index (χ1v) is 9.85. The zero-order chi connectivity index (χ0) is 19.0. The summed E-state index contributed by atoms with van der Waals surface area (Å²) in [5, 5.41) is 0.739. The number of amides is 1. The minimum absolute atomic E-state index is 0.0298. The SMILES string of the molecule is CN(C)CCn1cnc2sc3c(c2c1=O)CCN(C(=O)c1ccccc1)C3. The van der Waals surface area contributed by atoms with E-state index >= 15 is 0 Å². The fourth-order valence-electron chi connectivity index (χ4n) is 3.42. The van der Waals surface area contributed by atoms with Crippen LogP contribution in [0, 0.1) is 0 Å². The van der Waals surface area contributed by atoms with Crippen molar-refractivity contribution in [3.63, 3.8) is 0 Å². The molecule has 0 radical (unpaired) electrons. The van der Waals surface area contributed by atoms with Gasteiger partial charge in [0.25, 0.3) is 11.5 Å². The molecule has 0 spiro atoms. The van der Waals surface area contributed by atoms with Crippen LogP contribution in [0.4, 0.5) is 0 Å². The number of thiophene rings is 1. The summed E-state index contributed by atoms with van der Waals surface area (Å²) in [5.41, 5.74) is 1.80. The van der Waals surface area contributed by atoms with Crippen molar-refractivity contribution < 1.29 is 4.79 Å². The van der Waals surface area contributed by atoms with Crippen LogP contribution in [0.5, 0.6) is 0 Å². The van der Waals surface area contributed by atoms with Crippen molar-refractivity contribution in [2.45, 2.75) is 19.5 Å². The van der Waals surface area contributed by atoms with E-state index < -0.39 is 0 Å². The highest BCUT2D eigenvalue weighted by atomic mass is 32.1. The zero-order valence-corrected chi connectivity index (χ0v) is 16.3. The third-order valence-electron chi connectivity index (χ3n) is 4.92. The number of carbonyl (C=O) groups excluding carboxylic acids is 1. The van der Waals surface area contributed by atoms with Gasteiger partial charge in [-0.05, 0) is 38.2 Å². The van der Waals surface area contributed by atoms with E-state index in [1.54, 1.807) is 10.9 Å². The Morgan fingerprint density at radius 3 is 2.78 bits per heavy atom. The Bertz CT molecular complexity index is 1040. The highest BCUT2D eigenvalue weighted by Crippen LogP contribution is 2.32. The molecule has 1 aromatic carbocycles. The standard InChI is InChI=1S/C20H22N4O2S/c1-22(2)10-11-24-13-21-18-17(20(24)26)15-8-9-23(12-16(15)27-18)19(25)14-6-4-3-5-7-14/h3-7,13H,8-12H2,1-2H3. The van der Waals surface area contributed by atoms with Crippen LogP contribution in [-0.4, -0.2) is 52.4 Å². The molecule has 0 saturated heterocycles. The molecule has 6 nitrogen and oxygen atoms in total. The molecule has 0 unspecified atom stereocenters. The number of benzene rings is 1. The van der Waals surface area contributed by atoms with Crippen molar-refractivity contribution in [3.8, 4) is 0 Å². The summed E-state index contributed by atoms with van der Waals surface area (Å²) in [5.74, 6) is 0.0371. The second-order valence-electron chi connectivity index (χ2n) is 7.07. The van der Waals surface area contributed by atoms with Gasteiger partial charge in [-0.1, -0.05) is 18.2 Å². The van der Waals surface area contributed by atoms with E-state index in [0.29, 0.717) is 31.6 Å². The van der Waals surface area contributed by atoms with Crippen LogP contribution in [0.15, 0.2) is 41.5 Å². The lowest BCUT2D eigenvalue weighted by atomic mass is 10.0. The summed E-state index contributed by atoms with van der Waals surface area (Å²) >= 11 is 1.53. The van der Waals surface area contributed by atoms with Gasteiger partial charge in [-0.3, -0.25) is 14.2 Å². The molecule has 0 saturated carbocycles. The van der Waals surface area contributed by atoms with Crippen LogP contribution < -0.4 is 5.56 Å². The van der Waals surface area contributed by atoms with E-state index in [9.17, 15) is 9.59 Å². The predicted molar refractivity (Wildman–Crippen MR) is 107 cm³/mol. The third-order valence-corrected chi connectivity index (χ3v) is 6.05. The average Bonchev–Trinajstić information content (AvgIpc) is 3.06. The largest absolute Gasteiger partial charge is 0.333 e. The van der Waals surface area contributed by atoms with Gasteiger partial charge < -0.3 is 9.80 Å². The quantitative estimate of drug-likeness (QED) is 0.694. The van der Waals surface area contributed by atoms with Gasteiger partial charge in [-0.15, -0.1) is 11.3 Å². The summed E-state index contributed by atoms with van der Waals surface area (Å²) in [6, 6.07) is 9.34. The number of hydrogen-bond donors (Lipinski definition) is 0. The Kier molecular flexibility index (Phi) is 4.80. The number of nitrogens with zero attached hydrogens (tertiary/aromatic N) is 4. The second kappa shape index (κ2) is 7.25. The minimum Gasteiger partial charge on any atom is -0.333 e. The highest BCUT2D eigenvalue weighted by Gasteiger charge is 2.26. The van der Waals surface area contributed by atoms with Crippen molar-refractivity contribution in [2.75, 3.05) is 27.2 Å².